The number of methoxy groups -OCH3 is 2. The first-order valence-electron chi connectivity index (χ1n) is 6.59. The standard InChI is InChI=1S/C16H20O2S/c1-4-5-6-15-7-8-16(19-15)12-9-13(17-2)11-14(10-12)18-3/h7-11H,4-6H2,1-3H3. The lowest BCUT2D eigenvalue weighted by Crippen LogP contribution is -1.87. The number of rotatable bonds is 6. The Morgan fingerprint density at radius 2 is 1.68 bits per heavy atom. The molecule has 3 heteroatoms. The summed E-state index contributed by atoms with van der Waals surface area (Å²) >= 11 is 1.85. The van der Waals surface area contributed by atoms with Gasteiger partial charge in [-0.1, -0.05) is 13.3 Å². The molecule has 2 rings (SSSR count). The molecule has 2 nitrogen and oxygen atoms in total. The van der Waals surface area contributed by atoms with Crippen LogP contribution in [0.15, 0.2) is 30.3 Å². The smallest absolute Gasteiger partial charge is 0.123 e. The van der Waals surface area contributed by atoms with Crippen LogP contribution < -0.4 is 9.47 Å². The maximum absolute atomic E-state index is 5.32. The van der Waals surface area contributed by atoms with E-state index in [9.17, 15) is 0 Å². The minimum Gasteiger partial charge on any atom is -0.497 e. The molecule has 102 valence electrons. The predicted octanol–water partition coefficient (Wildman–Crippen LogP) is 4.77. The third kappa shape index (κ3) is 3.51. The van der Waals surface area contributed by atoms with E-state index in [0.717, 1.165) is 17.1 Å². The van der Waals surface area contributed by atoms with Crippen molar-refractivity contribution >= 4 is 11.3 Å². The summed E-state index contributed by atoms with van der Waals surface area (Å²) in [5.74, 6) is 1.66. The van der Waals surface area contributed by atoms with Crippen LogP contribution in [0.4, 0.5) is 0 Å². The van der Waals surface area contributed by atoms with Crippen molar-refractivity contribution in [2.45, 2.75) is 26.2 Å². The molecule has 0 amide bonds. The van der Waals surface area contributed by atoms with Gasteiger partial charge < -0.3 is 9.47 Å². The average Bonchev–Trinajstić information content (AvgIpc) is 2.93. The van der Waals surface area contributed by atoms with Crippen LogP contribution in [-0.2, 0) is 6.42 Å². The molecule has 1 aromatic carbocycles. The van der Waals surface area contributed by atoms with Crippen LogP contribution in [0.5, 0.6) is 11.5 Å². The van der Waals surface area contributed by atoms with Gasteiger partial charge in [0.15, 0.2) is 0 Å². The SMILES string of the molecule is CCCCc1ccc(-c2cc(OC)cc(OC)c2)s1. The molecule has 2 aromatic rings. The van der Waals surface area contributed by atoms with Gasteiger partial charge in [0, 0.05) is 15.8 Å². The van der Waals surface area contributed by atoms with E-state index in [1.807, 2.05) is 17.4 Å². The lowest BCUT2D eigenvalue weighted by atomic mass is 10.1. The Balaban J connectivity index is 2.27. The zero-order valence-electron chi connectivity index (χ0n) is 11.7. The van der Waals surface area contributed by atoms with Gasteiger partial charge in [-0.15, -0.1) is 11.3 Å². The minimum absolute atomic E-state index is 0.831. The summed E-state index contributed by atoms with van der Waals surface area (Å²) in [4.78, 5) is 2.71. The third-order valence-corrected chi connectivity index (χ3v) is 4.27. The summed E-state index contributed by atoms with van der Waals surface area (Å²) in [5.41, 5.74) is 1.16. The van der Waals surface area contributed by atoms with Gasteiger partial charge in [-0.3, -0.25) is 0 Å². The van der Waals surface area contributed by atoms with Crippen LogP contribution in [0.3, 0.4) is 0 Å². The molecule has 1 aromatic heterocycles. The zero-order valence-corrected chi connectivity index (χ0v) is 12.5. The second kappa shape index (κ2) is 6.62. The highest BCUT2D eigenvalue weighted by Crippen LogP contribution is 2.34. The molecule has 0 saturated heterocycles. The molecule has 0 fully saturated rings. The van der Waals surface area contributed by atoms with Crippen molar-refractivity contribution in [2.75, 3.05) is 14.2 Å². The van der Waals surface area contributed by atoms with Gasteiger partial charge in [-0.2, -0.15) is 0 Å². The van der Waals surface area contributed by atoms with Gasteiger partial charge >= 0.3 is 0 Å². The van der Waals surface area contributed by atoms with E-state index in [-0.39, 0.29) is 0 Å². The number of aryl methyl sites for hydroxylation is 1. The van der Waals surface area contributed by atoms with E-state index in [1.54, 1.807) is 14.2 Å². The van der Waals surface area contributed by atoms with Crippen LogP contribution in [0.25, 0.3) is 10.4 Å². The van der Waals surface area contributed by atoms with Gasteiger partial charge in [0.1, 0.15) is 11.5 Å². The number of hydrogen-bond acceptors (Lipinski definition) is 3. The average molecular weight is 276 g/mol. The Hall–Kier alpha value is -1.48. The van der Waals surface area contributed by atoms with Crippen LogP contribution in [0.1, 0.15) is 24.6 Å². The molecule has 0 aliphatic heterocycles. The maximum Gasteiger partial charge on any atom is 0.123 e. The second-order valence-corrected chi connectivity index (χ2v) is 5.64. The first kappa shape index (κ1) is 13.9. The molecule has 0 N–H and O–H groups in total. The lowest BCUT2D eigenvalue weighted by molar-refractivity contribution is 0.394. The van der Waals surface area contributed by atoms with E-state index in [1.165, 1.54) is 29.0 Å². The molecule has 0 saturated carbocycles. The Bertz CT molecular complexity index is 509. The Morgan fingerprint density at radius 3 is 2.26 bits per heavy atom. The number of ether oxygens (including phenoxy) is 2. The van der Waals surface area contributed by atoms with Crippen molar-refractivity contribution in [1.29, 1.82) is 0 Å². The van der Waals surface area contributed by atoms with Crippen LogP contribution in [-0.4, -0.2) is 14.2 Å². The first-order valence-corrected chi connectivity index (χ1v) is 7.40. The molecule has 0 spiro atoms. The van der Waals surface area contributed by atoms with Gasteiger partial charge in [-0.25, -0.2) is 0 Å². The molecule has 0 unspecified atom stereocenters. The van der Waals surface area contributed by atoms with Crippen molar-refractivity contribution < 1.29 is 9.47 Å². The monoisotopic (exact) mass is 276 g/mol. The number of unbranched alkanes of at least 4 members (excludes halogenated alkanes) is 1. The predicted molar refractivity (Wildman–Crippen MR) is 81.5 cm³/mol. The summed E-state index contributed by atoms with van der Waals surface area (Å²) in [7, 11) is 3.36. The molecular weight excluding hydrogens is 256 g/mol. The summed E-state index contributed by atoms with van der Waals surface area (Å²) < 4.78 is 10.6. The number of benzene rings is 1. The Labute approximate surface area is 119 Å². The molecule has 0 radical (unpaired) electrons. The van der Waals surface area contributed by atoms with Crippen molar-refractivity contribution in [3.63, 3.8) is 0 Å². The van der Waals surface area contributed by atoms with Gasteiger partial charge in [-0.05, 0) is 42.7 Å². The summed E-state index contributed by atoms with van der Waals surface area (Å²) in [6, 6.07) is 10.4. The molecule has 0 bridgehead atoms. The second-order valence-electron chi connectivity index (χ2n) is 4.47. The molecular formula is C16H20O2S. The van der Waals surface area contributed by atoms with Gasteiger partial charge in [0.2, 0.25) is 0 Å². The van der Waals surface area contributed by atoms with Crippen molar-refractivity contribution in [3.8, 4) is 21.9 Å². The molecule has 19 heavy (non-hydrogen) atoms. The van der Waals surface area contributed by atoms with E-state index in [0.29, 0.717) is 0 Å². The topological polar surface area (TPSA) is 18.5 Å². The van der Waals surface area contributed by atoms with Gasteiger partial charge in [0.05, 0.1) is 14.2 Å². The number of thiophene rings is 1. The Kier molecular flexibility index (Phi) is 4.86. The molecule has 0 aliphatic rings. The van der Waals surface area contributed by atoms with Crippen molar-refractivity contribution in [1.82, 2.24) is 0 Å². The molecule has 0 aliphatic carbocycles. The Morgan fingerprint density at radius 1 is 1.00 bits per heavy atom. The summed E-state index contributed by atoms with van der Waals surface area (Å²) in [6.45, 7) is 2.22. The van der Waals surface area contributed by atoms with Gasteiger partial charge in [0.25, 0.3) is 0 Å². The largest absolute Gasteiger partial charge is 0.497 e. The fourth-order valence-corrected chi connectivity index (χ4v) is 3.00. The highest BCUT2D eigenvalue weighted by Gasteiger charge is 2.07. The van der Waals surface area contributed by atoms with E-state index >= 15 is 0 Å². The lowest BCUT2D eigenvalue weighted by Gasteiger charge is -2.07. The summed E-state index contributed by atoms with van der Waals surface area (Å²) in [5, 5.41) is 0. The van der Waals surface area contributed by atoms with E-state index in [4.69, 9.17) is 9.47 Å². The zero-order chi connectivity index (χ0) is 13.7. The third-order valence-electron chi connectivity index (χ3n) is 3.07. The normalized spacial score (nSPS) is 10.5. The molecule has 1 heterocycles. The highest BCUT2D eigenvalue weighted by molar-refractivity contribution is 7.15. The minimum atomic E-state index is 0.831. The van der Waals surface area contributed by atoms with Crippen LogP contribution in [0.2, 0.25) is 0 Å². The van der Waals surface area contributed by atoms with Crippen LogP contribution >= 0.6 is 11.3 Å². The summed E-state index contributed by atoms with van der Waals surface area (Å²) in [6.07, 6.45) is 3.66. The fraction of sp³-hybridized carbons (Fsp3) is 0.375. The maximum atomic E-state index is 5.32. The quantitative estimate of drug-likeness (QED) is 0.756. The highest BCUT2D eigenvalue weighted by atomic mass is 32.1. The van der Waals surface area contributed by atoms with E-state index in [2.05, 4.69) is 31.2 Å². The van der Waals surface area contributed by atoms with Crippen molar-refractivity contribution in [3.05, 3.63) is 35.2 Å². The first-order chi connectivity index (χ1) is 9.26. The molecule has 0 atom stereocenters. The van der Waals surface area contributed by atoms with Crippen molar-refractivity contribution in [2.24, 2.45) is 0 Å². The van der Waals surface area contributed by atoms with Crippen LogP contribution in [0, 0.1) is 0 Å². The van der Waals surface area contributed by atoms with E-state index < -0.39 is 0 Å². The number of hydrogen-bond donors (Lipinski definition) is 0. The fourth-order valence-electron chi connectivity index (χ4n) is 1.97.